The number of alkyl halides is 3. The summed E-state index contributed by atoms with van der Waals surface area (Å²) in [4.78, 5) is 18.0. The number of nitrogens with zero attached hydrogens (tertiary/aromatic N) is 2. The smallest absolute Gasteiger partial charge is 0.422 e. The second-order valence-corrected chi connectivity index (χ2v) is 8.34. The number of amides is 1. The third-order valence-electron chi connectivity index (χ3n) is 5.05. The Balaban J connectivity index is 1.36. The molecule has 0 bridgehead atoms. The average molecular weight is 423 g/mol. The zero-order valence-electron chi connectivity index (χ0n) is 15.9. The fourth-order valence-corrected chi connectivity index (χ4v) is 4.31. The zero-order valence-corrected chi connectivity index (χ0v) is 16.7. The van der Waals surface area contributed by atoms with E-state index in [2.05, 4.69) is 10.3 Å². The first-order valence-corrected chi connectivity index (χ1v) is 10.1. The second-order valence-electron chi connectivity index (χ2n) is 7.26. The number of thiophene rings is 1. The zero-order chi connectivity index (χ0) is 20.8. The molecule has 154 valence electrons. The lowest BCUT2D eigenvalue weighted by atomic mass is 10.2. The minimum atomic E-state index is -4.37. The molecule has 2 heterocycles. The van der Waals surface area contributed by atoms with E-state index in [0.29, 0.717) is 0 Å². The van der Waals surface area contributed by atoms with Crippen LogP contribution < -0.4 is 10.1 Å². The van der Waals surface area contributed by atoms with Crippen molar-refractivity contribution in [1.82, 2.24) is 14.9 Å². The maximum absolute atomic E-state index is 12.6. The molecule has 0 aliphatic heterocycles. The van der Waals surface area contributed by atoms with Gasteiger partial charge in [-0.3, -0.25) is 4.79 Å². The highest BCUT2D eigenvalue weighted by molar-refractivity contribution is 7.13. The quantitative estimate of drug-likeness (QED) is 0.633. The first-order valence-electron chi connectivity index (χ1n) is 9.24. The topological polar surface area (TPSA) is 56.2 Å². The van der Waals surface area contributed by atoms with Gasteiger partial charge < -0.3 is 14.6 Å². The van der Waals surface area contributed by atoms with E-state index in [9.17, 15) is 18.0 Å². The molecule has 1 aliphatic carbocycles. The highest BCUT2D eigenvalue weighted by Gasteiger charge is 2.47. The fourth-order valence-electron chi connectivity index (χ4n) is 3.46. The number of rotatable bonds is 6. The van der Waals surface area contributed by atoms with Gasteiger partial charge >= 0.3 is 6.18 Å². The molecule has 1 N–H and O–H groups in total. The summed E-state index contributed by atoms with van der Waals surface area (Å²) in [5.74, 6) is 0.765. The molecule has 3 atom stereocenters. The van der Waals surface area contributed by atoms with E-state index in [4.69, 9.17) is 4.74 Å². The minimum Gasteiger partial charge on any atom is -0.475 e. The summed E-state index contributed by atoms with van der Waals surface area (Å²) in [6.45, 7) is 0.485. The van der Waals surface area contributed by atoms with Gasteiger partial charge in [0.1, 0.15) is 5.82 Å². The number of aryl methyl sites for hydroxylation is 1. The van der Waals surface area contributed by atoms with Crippen molar-refractivity contribution < 1.29 is 22.7 Å². The van der Waals surface area contributed by atoms with Crippen LogP contribution in [0.1, 0.15) is 36.0 Å². The van der Waals surface area contributed by atoms with Crippen LogP contribution in [0.5, 0.6) is 5.06 Å². The van der Waals surface area contributed by atoms with Crippen LogP contribution in [-0.2, 0) is 11.8 Å². The Bertz CT molecular complexity index is 1040. The number of ether oxygens (including phenoxy) is 1. The number of hydrogen-bond acceptors (Lipinski definition) is 4. The lowest BCUT2D eigenvalue weighted by Gasteiger charge is -2.12. The molecule has 1 saturated carbocycles. The first-order chi connectivity index (χ1) is 13.7. The van der Waals surface area contributed by atoms with Gasteiger partial charge in [-0.05, 0) is 37.6 Å². The third kappa shape index (κ3) is 4.24. The van der Waals surface area contributed by atoms with Gasteiger partial charge in [-0.1, -0.05) is 12.1 Å². The lowest BCUT2D eigenvalue weighted by Crippen LogP contribution is -2.28. The second kappa shape index (κ2) is 7.37. The summed E-state index contributed by atoms with van der Waals surface area (Å²) in [7, 11) is 1.95. The van der Waals surface area contributed by atoms with Crippen LogP contribution in [0.4, 0.5) is 13.2 Å². The number of carbonyl (C=O) groups excluding carboxylic acids is 1. The number of imidazole rings is 1. The summed E-state index contributed by atoms with van der Waals surface area (Å²) >= 11 is 1.10. The van der Waals surface area contributed by atoms with Gasteiger partial charge in [0.25, 0.3) is 0 Å². The Kier molecular flexibility index (Phi) is 5.02. The molecule has 4 rings (SSSR count). The van der Waals surface area contributed by atoms with Crippen molar-refractivity contribution in [2.75, 3.05) is 6.61 Å². The van der Waals surface area contributed by atoms with Crippen molar-refractivity contribution in [2.24, 2.45) is 13.0 Å². The van der Waals surface area contributed by atoms with Crippen molar-refractivity contribution >= 4 is 28.3 Å². The van der Waals surface area contributed by atoms with Crippen LogP contribution >= 0.6 is 11.3 Å². The predicted octanol–water partition coefficient (Wildman–Crippen LogP) is 4.56. The third-order valence-corrected chi connectivity index (χ3v) is 6.23. The van der Waals surface area contributed by atoms with Crippen molar-refractivity contribution in [3.63, 3.8) is 0 Å². The largest absolute Gasteiger partial charge is 0.475 e. The van der Waals surface area contributed by atoms with Gasteiger partial charge in [0.2, 0.25) is 5.91 Å². The van der Waals surface area contributed by atoms with E-state index in [1.165, 1.54) is 6.07 Å². The van der Waals surface area contributed by atoms with E-state index in [1.54, 1.807) is 6.07 Å². The van der Waals surface area contributed by atoms with Crippen LogP contribution in [-0.4, -0.2) is 28.2 Å². The lowest BCUT2D eigenvalue weighted by molar-refractivity contribution is -0.152. The normalized spacial score (nSPS) is 19.9. The molecule has 1 amide bonds. The molecular formula is C20H20F3N3O2S. The van der Waals surface area contributed by atoms with E-state index in [0.717, 1.165) is 39.5 Å². The molecule has 0 saturated heterocycles. The number of aromatic nitrogens is 2. The van der Waals surface area contributed by atoms with Gasteiger partial charge in [0.05, 0.1) is 17.1 Å². The molecule has 1 aliphatic rings. The number of hydrogen-bond donors (Lipinski definition) is 1. The standard InChI is InChI=1S/C20H20F3N3O2S/c1-11(16-7-8-17(29-16)28-10-20(21,22)23)24-19(27)13-9-12(13)18-25-14-5-3-4-6-15(14)26(18)2/h3-8,11-13H,9-10H2,1-2H3,(H,24,27)/t11-,12-,13-/m1/s1. The highest BCUT2D eigenvalue weighted by Crippen LogP contribution is 2.48. The maximum Gasteiger partial charge on any atom is 0.422 e. The van der Waals surface area contributed by atoms with E-state index in [-0.39, 0.29) is 28.8 Å². The molecule has 0 unspecified atom stereocenters. The van der Waals surface area contributed by atoms with Gasteiger partial charge in [-0.25, -0.2) is 4.98 Å². The molecule has 0 radical (unpaired) electrons. The SMILES string of the molecule is C[C@@H](NC(=O)[C@@H]1C[C@H]1c1nc2ccccc2n1C)c1ccc(OCC(F)(F)F)s1. The van der Waals surface area contributed by atoms with E-state index < -0.39 is 12.8 Å². The molecule has 9 heteroatoms. The number of carbonyl (C=O) groups is 1. The van der Waals surface area contributed by atoms with Gasteiger partial charge in [-0.2, -0.15) is 13.2 Å². The van der Waals surface area contributed by atoms with Gasteiger partial charge in [-0.15, -0.1) is 11.3 Å². The number of nitrogens with one attached hydrogen (secondary N) is 1. The molecule has 29 heavy (non-hydrogen) atoms. The van der Waals surface area contributed by atoms with Crippen LogP contribution in [0.3, 0.4) is 0 Å². The summed E-state index contributed by atoms with van der Waals surface area (Å²) in [5.41, 5.74) is 1.95. The molecule has 1 fully saturated rings. The Hall–Kier alpha value is -2.55. The fraction of sp³-hybridized carbons (Fsp3) is 0.400. The van der Waals surface area contributed by atoms with Crippen molar-refractivity contribution in [2.45, 2.75) is 31.5 Å². The van der Waals surface area contributed by atoms with Crippen molar-refractivity contribution in [1.29, 1.82) is 0 Å². The molecule has 0 spiro atoms. The average Bonchev–Trinajstić information content (AvgIpc) is 3.18. The van der Waals surface area contributed by atoms with Gasteiger partial charge in [0, 0.05) is 23.8 Å². The number of fused-ring (bicyclic) bond motifs is 1. The number of halogens is 3. The van der Waals surface area contributed by atoms with Crippen molar-refractivity contribution in [3.8, 4) is 5.06 Å². The summed E-state index contributed by atoms with van der Waals surface area (Å²) in [5, 5.41) is 3.14. The van der Waals surface area contributed by atoms with Gasteiger partial charge in [0.15, 0.2) is 11.7 Å². The Labute approximate surface area is 169 Å². The molecule has 1 aromatic carbocycles. The van der Waals surface area contributed by atoms with E-state index in [1.807, 2.05) is 42.8 Å². The van der Waals surface area contributed by atoms with Crippen LogP contribution in [0, 0.1) is 5.92 Å². The maximum atomic E-state index is 12.6. The Morgan fingerprint density at radius 2 is 2.10 bits per heavy atom. The molecule has 5 nitrogen and oxygen atoms in total. The number of benzene rings is 1. The van der Waals surface area contributed by atoms with Crippen LogP contribution in [0.15, 0.2) is 36.4 Å². The first kappa shape index (κ1) is 19.8. The number of para-hydroxylation sites is 2. The van der Waals surface area contributed by atoms with Crippen LogP contribution in [0.2, 0.25) is 0 Å². The van der Waals surface area contributed by atoms with Crippen LogP contribution in [0.25, 0.3) is 11.0 Å². The molecule has 2 aromatic heterocycles. The Morgan fingerprint density at radius 3 is 2.83 bits per heavy atom. The monoisotopic (exact) mass is 423 g/mol. The molecule has 3 aromatic rings. The van der Waals surface area contributed by atoms with Crippen molar-refractivity contribution in [3.05, 3.63) is 47.1 Å². The highest BCUT2D eigenvalue weighted by atomic mass is 32.1. The van der Waals surface area contributed by atoms with E-state index >= 15 is 0 Å². The minimum absolute atomic E-state index is 0.0688. The molecular weight excluding hydrogens is 403 g/mol. The summed E-state index contributed by atoms with van der Waals surface area (Å²) < 4.78 is 43.6. The summed E-state index contributed by atoms with van der Waals surface area (Å²) in [6.07, 6.45) is -3.64. The summed E-state index contributed by atoms with van der Waals surface area (Å²) in [6, 6.07) is 10.7. The Morgan fingerprint density at radius 1 is 1.34 bits per heavy atom. The predicted molar refractivity (Wildman–Crippen MR) is 104 cm³/mol.